The Morgan fingerprint density at radius 1 is 0.964 bits per heavy atom. The summed E-state index contributed by atoms with van der Waals surface area (Å²) in [6.07, 6.45) is 0.289. The first-order valence-electron chi connectivity index (χ1n) is 9.27. The molecule has 3 aromatic carbocycles. The van der Waals surface area contributed by atoms with E-state index in [0.717, 1.165) is 29.9 Å². The van der Waals surface area contributed by atoms with Crippen LogP contribution in [0.1, 0.15) is 17.3 Å². The topological polar surface area (TPSA) is 15.7 Å². The second-order valence-electron chi connectivity index (χ2n) is 7.13. The lowest BCUT2D eigenvalue weighted by Crippen LogP contribution is -2.33. The number of fused-ring (bicyclic) bond motifs is 6. The Labute approximate surface area is 184 Å². The van der Waals surface area contributed by atoms with Gasteiger partial charge in [0.25, 0.3) is 0 Å². The van der Waals surface area contributed by atoms with Crippen LogP contribution in [-0.4, -0.2) is 25.1 Å². The number of ether oxygens (including phenoxy) is 1. The third-order valence-electron chi connectivity index (χ3n) is 5.61. The van der Waals surface area contributed by atoms with Gasteiger partial charge >= 0.3 is 0 Å². The predicted molar refractivity (Wildman–Crippen MR) is 123 cm³/mol. The van der Waals surface area contributed by atoms with Crippen LogP contribution in [0.2, 0.25) is 0 Å². The molecule has 2 aliphatic rings. The highest BCUT2D eigenvalue weighted by Crippen LogP contribution is 2.48. The van der Waals surface area contributed by atoms with E-state index in [0.29, 0.717) is 0 Å². The highest BCUT2D eigenvalue weighted by atomic mass is 79.9. The largest absolute Gasteiger partial charge is 0.497 e. The molecule has 5 heteroatoms. The number of hydrogen-bond acceptors (Lipinski definition) is 3. The lowest BCUT2D eigenvalue weighted by molar-refractivity contribution is 0.249. The Balaban J connectivity index is 0.00000192. The number of nitrogens with zero attached hydrogens (tertiary/aromatic N) is 2. The van der Waals surface area contributed by atoms with Crippen molar-refractivity contribution < 1.29 is 4.74 Å². The van der Waals surface area contributed by atoms with Gasteiger partial charge in [-0.25, -0.2) is 0 Å². The average Bonchev–Trinajstić information content (AvgIpc) is 3.12. The molecule has 1 unspecified atom stereocenters. The number of methoxy groups -OCH3 is 1. The SMILES string of the molecule is Br.COc1ccc(CN2CCN3c4ccc(Br)cc4-c4ccccc4C23)cc1. The van der Waals surface area contributed by atoms with Crippen molar-refractivity contribution >= 4 is 38.6 Å². The van der Waals surface area contributed by atoms with Crippen LogP contribution in [-0.2, 0) is 6.54 Å². The maximum absolute atomic E-state index is 5.29. The fraction of sp³-hybridized carbons (Fsp3) is 0.217. The van der Waals surface area contributed by atoms with Crippen molar-refractivity contribution in [3.05, 3.63) is 82.3 Å². The summed E-state index contributed by atoms with van der Waals surface area (Å²) >= 11 is 3.64. The van der Waals surface area contributed by atoms with Crippen LogP contribution in [0.4, 0.5) is 5.69 Å². The van der Waals surface area contributed by atoms with Crippen LogP contribution in [0.25, 0.3) is 11.1 Å². The molecule has 0 saturated carbocycles. The summed E-state index contributed by atoms with van der Waals surface area (Å²) in [4.78, 5) is 5.12. The van der Waals surface area contributed by atoms with Crippen LogP contribution in [0.15, 0.2) is 71.2 Å². The fourth-order valence-electron chi connectivity index (χ4n) is 4.37. The first kappa shape index (κ1) is 19.5. The molecule has 28 heavy (non-hydrogen) atoms. The van der Waals surface area contributed by atoms with Crippen molar-refractivity contribution in [1.29, 1.82) is 0 Å². The minimum absolute atomic E-state index is 0. The van der Waals surface area contributed by atoms with Crippen molar-refractivity contribution in [2.75, 3.05) is 25.1 Å². The Morgan fingerprint density at radius 2 is 1.75 bits per heavy atom. The molecule has 2 aliphatic heterocycles. The standard InChI is InChI=1S/C23H21BrN2O.BrH/c1-27-18-9-6-16(7-10-18)15-25-12-13-26-22-11-8-17(24)14-21(22)19-4-2-3-5-20(19)23(25)26;/h2-11,14,23H,12-13,15H2,1H3;1H. The maximum atomic E-state index is 5.29. The lowest BCUT2D eigenvalue weighted by atomic mass is 9.91. The quantitative estimate of drug-likeness (QED) is 0.435. The van der Waals surface area contributed by atoms with E-state index in [-0.39, 0.29) is 23.1 Å². The normalized spacial score (nSPS) is 17.4. The van der Waals surface area contributed by atoms with Gasteiger partial charge in [0.2, 0.25) is 0 Å². The molecule has 3 nitrogen and oxygen atoms in total. The zero-order valence-corrected chi connectivity index (χ0v) is 18.9. The van der Waals surface area contributed by atoms with Gasteiger partial charge in [0.1, 0.15) is 11.9 Å². The fourth-order valence-corrected chi connectivity index (χ4v) is 4.73. The summed E-state index contributed by atoms with van der Waals surface area (Å²) in [5.41, 5.74) is 6.71. The molecule has 0 aliphatic carbocycles. The van der Waals surface area contributed by atoms with Crippen molar-refractivity contribution in [3.63, 3.8) is 0 Å². The van der Waals surface area contributed by atoms with E-state index < -0.39 is 0 Å². The predicted octanol–water partition coefficient (Wildman–Crippen LogP) is 6.04. The molecular weight excluding hydrogens is 480 g/mol. The summed E-state index contributed by atoms with van der Waals surface area (Å²) in [6, 6.07) is 23.9. The molecule has 144 valence electrons. The Bertz CT molecular complexity index is 990. The summed E-state index contributed by atoms with van der Waals surface area (Å²) in [5, 5.41) is 0. The van der Waals surface area contributed by atoms with Gasteiger partial charge in [0, 0.05) is 35.4 Å². The monoisotopic (exact) mass is 500 g/mol. The molecule has 1 saturated heterocycles. The summed E-state index contributed by atoms with van der Waals surface area (Å²) in [5.74, 6) is 0.907. The first-order chi connectivity index (χ1) is 13.2. The highest BCUT2D eigenvalue weighted by Gasteiger charge is 2.39. The third-order valence-corrected chi connectivity index (χ3v) is 6.10. The Morgan fingerprint density at radius 3 is 2.54 bits per heavy atom. The van der Waals surface area contributed by atoms with Gasteiger partial charge in [-0.15, -0.1) is 17.0 Å². The smallest absolute Gasteiger partial charge is 0.118 e. The van der Waals surface area contributed by atoms with E-state index in [9.17, 15) is 0 Å². The molecule has 0 radical (unpaired) electrons. The summed E-state index contributed by atoms with van der Waals surface area (Å²) in [7, 11) is 1.71. The van der Waals surface area contributed by atoms with Crippen LogP contribution < -0.4 is 9.64 Å². The van der Waals surface area contributed by atoms with Crippen LogP contribution in [0.5, 0.6) is 5.75 Å². The molecule has 5 rings (SSSR count). The molecule has 0 N–H and O–H groups in total. The van der Waals surface area contributed by atoms with Gasteiger partial charge in [-0.05, 0) is 47.0 Å². The van der Waals surface area contributed by atoms with Gasteiger partial charge in [0.15, 0.2) is 0 Å². The molecule has 0 bridgehead atoms. The van der Waals surface area contributed by atoms with Crippen molar-refractivity contribution in [2.45, 2.75) is 12.7 Å². The number of benzene rings is 3. The van der Waals surface area contributed by atoms with Gasteiger partial charge in [-0.1, -0.05) is 52.3 Å². The third kappa shape index (κ3) is 3.25. The first-order valence-corrected chi connectivity index (χ1v) is 10.1. The molecule has 1 atom stereocenters. The van der Waals surface area contributed by atoms with Crippen LogP contribution in [0.3, 0.4) is 0 Å². The van der Waals surface area contributed by atoms with E-state index >= 15 is 0 Å². The molecule has 0 spiro atoms. The average molecular weight is 502 g/mol. The summed E-state index contributed by atoms with van der Waals surface area (Å²) < 4.78 is 6.42. The van der Waals surface area contributed by atoms with Crippen LogP contribution in [0, 0.1) is 0 Å². The number of halogens is 2. The van der Waals surface area contributed by atoms with Crippen LogP contribution >= 0.6 is 32.9 Å². The molecule has 0 amide bonds. The number of hydrogen-bond donors (Lipinski definition) is 0. The maximum Gasteiger partial charge on any atom is 0.118 e. The summed E-state index contributed by atoms with van der Waals surface area (Å²) in [6.45, 7) is 3.04. The molecule has 1 fully saturated rings. The Kier molecular flexibility index (Phi) is 5.50. The molecular formula is C23H22Br2N2O. The van der Waals surface area contributed by atoms with E-state index in [1.54, 1.807) is 7.11 Å². The van der Waals surface area contributed by atoms with Gasteiger partial charge in [-0.3, -0.25) is 4.90 Å². The van der Waals surface area contributed by atoms with Crippen molar-refractivity contribution in [1.82, 2.24) is 4.90 Å². The zero-order valence-electron chi connectivity index (χ0n) is 15.6. The number of rotatable bonds is 3. The van der Waals surface area contributed by atoms with Crippen molar-refractivity contribution in [2.24, 2.45) is 0 Å². The molecule has 0 aromatic heterocycles. The highest BCUT2D eigenvalue weighted by molar-refractivity contribution is 9.10. The number of anilines is 1. The van der Waals surface area contributed by atoms with Gasteiger partial charge in [-0.2, -0.15) is 0 Å². The second-order valence-corrected chi connectivity index (χ2v) is 8.05. The molecule has 2 heterocycles. The minimum Gasteiger partial charge on any atom is -0.497 e. The van der Waals surface area contributed by atoms with E-state index in [4.69, 9.17) is 4.74 Å². The van der Waals surface area contributed by atoms with Crippen molar-refractivity contribution in [3.8, 4) is 16.9 Å². The second kappa shape index (κ2) is 7.90. The van der Waals surface area contributed by atoms with Gasteiger partial charge < -0.3 is 9.64 Å². The van der Waals surface area contributed by atoms with E-state index in [2.05, 4.69) is 80.3 Å². The Hall–Kier alpha value is -1.82. The zero-order chi connectivity index (χ0) is 18.4. The van der Waals surface area contributed by atoms with E-state index in [1.165, 1.54) is 27.9 Å². The van der Waals surface area contributed by atoms with E-state index in [1.807, 2.05) is 12.1 Å². The minimum atomic E-state index is 0. The molecule has 3 aromatic rings. The lowest BCUT2D eigenvalue weighted by Gasteiger charge is -2.38. The van der Waals surface area contributed by atoms with Gasteiger partial charge in [0.05, 0.1) is 7.11 Å².